The number of hydrogen-bond donors (Lipinski definition) is 0. The van der Waals surface area contributed by atoms with Crippen LogP contribution in [0.15, 0.2) is 91.0 Å². The molecule has 5 aromatic rings. The Hall–Kier alpha value is -3.30. The highest BCUT2D eigenvalue weighted by Gasteiger charge is 2.12. The van der Waals surface area contributed by atoms with Gasteiger partial charge in [0, 0.05) is 22.5 Å². The van der Waals surface area contributed by atoms with Gasteiger partial charge in [0.05, 0.1) is 17.6 Å². The fraction of sp³-hybridized carbons (Fsp3) is 0.115. The Labute approximate surface area is 180 Å². The van der Waals surface area contributed by atoms with Gasteiger partial charge in [0.25, 0.3) is 0 Å². The van der Waals surface area contributed by atoms with Gasteiger partial charge in [0.1, 0.15) is 11.6 Å². The Morgan fingerprint density at radius 1 is 0.800 bits per heavy atom. The first-order valence-electron chi connectivity index (χ1n) is 10.1. The van der Waals surface area contributed by atoms with Gasteiger partial charge in [-0.3, -0.25) is 0 Å². The minimum atomic E-state index is 0.639. The molecule has 0 saturated carbocycles. The summed E-state index contributed by atoms with van der Waals surface area (Å²) >= 11 is 6.08. The van der Waals surface area contributed by atoms with E-state index in [4.69, 9.17) is 21.3 Å². The Bertz CT molecular complexity index is 1300. The van der Waals surface area contributed by atoms with Crippen molar-refractivity contribution in [2.75, 3.05) is 6.61 Å². The van der Waals surface area contributed by atoms with E-state index >= 15 is 0 Å². The van der Waals surface area contributed by atoms with E-state index in [-0.39, 0.29) is 0 Å². The molecule has 30 heavy (non-hydrogen) atoms. The van der Waals surface area contributed by atoms with Crippen LogP contribution >= 0.6 is 11.6 Å². The summed E-state index contributed by atoms with van der Waals surface area (Å²) in [5.74, 6) is 1.89. The number of ether oxygens (including phenoxy) is 1. The van der Waals surface area contributed by atoms with Crippen molar-refractivity contribution in [2.24, 2.45) is 0 Å². The van der Waals surface area contributed by atoms with Crippen molar-refractivity contribution in [1.82, 2.24) is 9.55 Å². The molecule has 4 aromatic carbocycles. The molecule has 0 atom stereocenters. The number of para-hydroxylation sites is 2. The molecule has 0 bridgehead atoms. The third-order valence-electron chi connectivity index (χ3n) is 5.29. The molecule has 1 heterocycles. The van der Waals surface area contributed by atoms with Crippen molar-refractivity contribution in [3.05, 3.63) is 96.0 Å². The zero-order valence-corrected chi connectivity index (χ0v) is 17.2. The van der Waals surface area contributed by atoms with Gasteiger partial charge in [0.15, 0.2) is 0 Å². The van der Waals surface area contributed by atoms with Gasteiger partial charge in [-0.25, -0.2) is 4.98 Å². The van der Waals surface area contributed by atoms with Crippen LogP contribution in [0.5, 0.6) is 5.75 Å². The first-order chi connectivity index (χ1) is 14.8. The van der Waals surface area contributed by atoms with Crippen LogP contribution in [0.3, 0.4) is 0 Å². The number of aromatic nitrogens is 2. The van der Waals surface area contributed by atoms with E-state index in [1.165, 1.54) is 5.39 Å². The number of benzene rings is 4. The molecule has 0 fully saturated rings. The van der Waals surface area contributed by atoms with Crippen LogP contribution in [0.4, 0.5) is 0 Å². The van der Waals surface area contributed by atoms with Gasteiger partial charge < -0.3 is 9.30 Å². The second-order valence-electron chi connectivity index (χ2n) is 7.26. The van der Waals surface area contributed by atoms with Gasteiger partial charge in [-0.15, -0.1) is 0 Å². The maximum absolute atomic E-state index is 6.14. The first-order valence-corrected chi connectivity index (χ1v) is 10.5. The quantitative estimate of drug-likeness (QED) is 0.281. The number of halogens is 1. The smallest absolute Gasteiger partial charge is 0.141 e. The normalized spacial score (nSPS) is 11.2. The van der Waals surface area contributed by atoms with Crippen molar-refractivity contribution in [1.29, 1.82) is 0 Å². The van der Waals surface area contributed by atoms with Crippen molar-refractivity contribution in [3.63, 3.8) is 0 Å². The number of rotatable bonds is 6. The van der Waals surface area contributed by atoms with E-state index in [0.717, 1.165) is 51.5 Å². The molecule has 0 unspecified atom stereocenters. The van der Waals surface area contributed by atoms with Crippen LogP contribution in [-0.2, 0) is 6.54 Å². The largest absolute Gasteiger partial charge is 0.493 e. The highest BCUT2D eigenvalue weighted by molar-refractivity contribution is 6.30. The Morgan fingerprint density at radius 2 is 1.57 bits per heavy atom. The lowest BCUT2D eigenvalue weighted by Crippen LogP contribution is -2.06. The van der Waals surface area contributed by atoms with Gasteiger partial charge in [-0.2, -0.15) is 0 Å². The second kappa shape index (κ2) is 8.21. The van der Waals surface area contributed by atoms with Crippen molar-refractivity contribution in [2.45, 2.75) is 13.0 Å². The van der Waals surface area contributed by atoms with Crippen molar-refractivity contribution >= 4 is 33.4 Å². The lowest BCUT2D eigenvalue weighted by atomic mass is 10.1. The number of imidazole rings is 1. The summed E-state index contributed by atoms with van der Waals surface area (Å²) in [5, 5.41) is 3.07. The number of aryl methyl sites for hydroxylation is 1. The van der Waals surface area contributed by atoms with E-state index in [1.54, 1.807) is 0 Å². The molecule has 5 rings (SSSR count). The lowest BCUT2D eigenvalue weighted by Gasteiger charge is -2.12. The zero-order valence-electron chi connectivity index (χ0n) is 16.5. The number of hydrogen-bond acceptors (Lipinski definition) is 2. The monoisotopic (exact) mass is 412 g/mol. The maximum Gasteiger partial charge on any atom is 0.141 e. The SMILES string of the molecule is Clc1ccc(-c2nc3ccccc3n2CCCOc2cccc3ccccc23)cc1. The van der Waals surface area contributed by atoms with Crippen LogP contribution in [0.25, 0.3) is 33.2 Å². The van der Waals surface area contributed by atoms with Gasteiger partial charge in [-0.05, 0) is 54.3 Å². The molecule has 0 spiro atoms. The average molecular weight is 413 g/mol. The van der Waals surface area contributed by atoms with Crippen LogP contribution in [0.2, 0.25) is 5.02 Å². The molecule has 4 heteroatoms. The van der Waals surface area contributed by atoms with Crippen LogP contribution < -0.4 is 4.74 Å². The van der Waals surface area contributed by atoms with E-state index in [0.29, 0.717) is 6.61 Å². The van der Waals surface area contributed by atoms with Crippen molar-refractivity contribution < 1.29 is 4.74 Å². The predicted octanol–water partition coefficient (Wildman–Crippen LogP) is 6.98. The summed E-state index contributed by atoms with van der Waals surface area (Å²) < 4.78 is 8.41. The predicted molar refractivity (Wildman–Crippen MR) is 124 cm³/mol. The van der Waals surface area contributed by atoms with Gasteiger partial charge in [-0.1, -0.05) is 60.1 Å². The standard InChI is InChI=1S/C26H21ClN2O/c27-21-15-13-20(14-16-21)26-28-23-10-3-4-11-24(23)29(26)17-6-18-30-25-12-5-8-19-7-1-2-9-22(19)25/h1-5,7-16H,6,17-18H2. The number of fused-ring (bicyclic) bond motifs is 2. The molecule has 1 aromatic heterocycles. The molecular weight excluding hydrogens is 392 g/mol. The third kappa shape index (κ3) is 3.64. The topological polar surface area (TPSA) is 27.1 Å². The molecule has 0 aliphatic carbocycles. The van der Waals surface area contributed by atoms with Crippen LogP contribution in [0.1, 0.15) is 6.42 Å². The van der Waals surface area contributed by atoms with Crippen LogP contribution in [-0.4, -0.2) is 16.2 Å². The molecule has 3 nitrogen and oxygen atoms in total. The highest BCUT2D eigenvalue weighted by Crippen LogP contribution is 2.27. The van der Waals surface area contributed by atoms with Crippen molar-refractivity contribution in [3.8, 4) is 17.1 Å². The summed E-state index contributed by atoms with van der Waals surface area (Å²) in [7, 11) is 0. The molecule has 0 amide bonds. The summed E-state index contributed by atoms with van der Waals surface area (Å²) in [5.41, 5.74) is 3.19. The Morgan fingerprint density at radius 3 is 2.47 bits per heavy atom. The van der Waals surface area contributed by atoms with E-state index < -0.39 is 0 Å². The average Bonchev–Trinajstić information content (AvgIpc) is 3.16. The Kier molecular flexibility index (Phi) is 5.12. The molecule has 0 radical (unpaired) electrons. The summed E-state index contributed by atoms with van der Waals surface area (Å²) in [4.78, 5) is 4.87. The zero-order chi connectivity index (χ0) is 20.3. The fourth-order valence-corrected chi connectivity index (χ4v) is 3.97. The minimum Gasteiger partial charge on any atom is -0.493 e. The van der Waals surface area contributed by atoms with Gasteiger partial charge >= 0.3 is 0 Å². The lowest BCUT2D eigenvalue weighted by molar-refractivity contribution is 0.306. The molecular formula is C26H21ClN2O. The Balaban J connectivity index is 1.37. The molecule has 0 saturated heterocycles. The highest BCUT2D eigenvalue weighted by atomic mass is 35.5. The summed E-state index contributed by atoms with van der Waals surface area (Å²) in [6.07, 6.45) is 0.879. The third-order valence-corrected chi connectivity index (χ3v) is 5.54. The summed E-state index contributed by atoms with van der Waals surface area (Å²) in [6, 6.07) is 30.6. The molecule has 0 aliphatic rings. The van der Waals surface area contributed by atoms with E-state index in [1.807, 2.05) is 48.5 Å². The van der Waals surface area contributed by atoms with Gasteiger partial charge in [0.2, 0.25) is 0 Å². The van der Waals surface area contributed by atoms with E-state index in [9.17, 15) is 0 Å². The molecule has 0 aliphatic heterocycles. The molecule has 0 N–H and O–H groups in total. The first kappa shape index (κ1) is 18.7. The number of nitrogens with zero attached hydrogens (tertiary/aromatic N) is 2. The van der Waals surface area contributed by atoms with Crippen LogP contribution in [0, 0.1) is 0 Å². The maximum atomic E-state index is 6.14. The molecule has 148 valence electrons. The minimum absolute atomic E-state index is 0.639. The second-order valence-corrected chi connectivity index (χ2v) is 7.70. The summed E-state index contributed by atoms with van der Waals surface area (Å²) in [6.45, 7) is 1.46. The van der Waals surface area contributed by atoms with E-state index in [2.05, 4.69) is 47.0 Å². The fourth-order valence-electron chi connectivity index (χ4n) is 3.85.